The maximum absolute atomic E-state index is 2.39. The molecule has 0 rings (SSSR count). The van der Waals surface area contributed by atoms with Gasteiger partial charge in [0.15, 0.2) is 0 Å². The van der Waals surface area contributed by atoms with E-state index >= 15 is 0 Å². The Hall–Kier alpha value is -0.975. The maximum atomic E-state index is 2.39. The Labute approximate surface area is 236 Å². The molecule has 0 amide bonds. The lowest BCUT2D eigenvalue weighted by Gasteiger charge is -2.02. The minimum Gasteiger partial charge on any atom is -0.0882 e. The second kappa shape index (κ2) is 35.0. The molecule has 0 atom stereocenters. The molecule has 0 aromatic rings. The van der Waals surface area contributed by atoms with E-state index < -0.39 is 0 Å². The Balaban J connectivity index is 3.16. The number of rotatable bonds is 30. The summed E-state index contributed by atoms with van der Waals surface area (Å²) in [5.74, 6) is 0. The highest BCUT2D eigenvalue weighted by Crippen LogP contribution is 2.12. The van der Waals surface area contributed by atoms with Crippen molar-refractivity contribution < 1.29 is 0 Å². The van der Waals surface area contributed by atoms with E-state index in [1.165, 1.54) is 161 Å². The van der Waals surface area contributed by atoms with Gasteiger partial charge >= 0.3 is 0 Å². The molecule has 0 aliphatic heterocycles. The SMILES string of the molecule is CCCCC/C=C\C/C=C\CCCCCCCCBCCCCCCCC/C=C\C/C=C\CCCCC. The molecule has 0 unspecified atom stereocenters. The van der Waals surface area contributed by atoms with Gasteiger partial charge in [-0.1, -0.05) is 165 Å². The van der Waals surface area contributed by atoms with Gasteiger partial charge in [-0.15, -0.1) is 0 Å². The zero-order valence-corrected chi connectivity index (χ0v) is 25.7. The molecule has 0 aliphatic carbocycles. The van der Waals surface area contributed by atoms with Gasteiger partial charge in [-0.2, -0.15) is 0 Å². The fraction of sp³-hybridized carbons (Fsp3) is 0.778. The third-order valence-corrected chi connectivity index (χ3v) is 7.40. The zero-order valence-electron chi connectivity index (χ0n) is 25.7. The smallest absolute Gasteiger partial charge is 0.0882 e. The second-order valence-electron chi connectivity index (χ2n) is 11.2. The Morgan fingerprint density at radius 1 is 0.324 bits per heavy atom. The lowest BCUT2D eigenvalue weighted by Crippen LogP contribution is -1.90. The summed E-state index contributed by atoms with van der Waals surface area (Å²) in [6.45, 7) is 4.54. The topological polar surface area (TPSA) is 0 Å². The van der Waals surface area contributed by atoms with Crippen LogP contribution in [0.15, 0.2) is 48.6 Å². The fourth-order valence-electron chi connectivity index (χ4n) is 4.86. The summed E-state index contributed by atoms with van der Waals surface area (Å²) >= 11 is 0. The molecule has 0 nitrogen and oxygen atoms in total. The molecular formula is C36H67B. The average molecular weight is 511 g/mol. The molecule has 0 aliphatic rings. The first kappa shape index (κ1) is 36.0. The summed E-state index contributed by atoms with van der Waals surface area (Å²) in [6, 6.07) is 0. The van der Waals surface area contributed by atoms with Crippen LogP contribution in [-0.2, 0) is 0 Å². The molecule has 1 heteroatoms. The Kier molecular flexibility index (Phi) is 34.1. The Morgan fingerprint density at radius 2 is 0.622 bits per heavy atom. The molecule has 0 spiro atoms. The molecule has 0 aromatic heterocycles. The van der Waals surface area contributed by atoms with Gasteiger partial charge in [-0.25, -0.2) is 0 Å². The van der Waals surface area contributed by atoms with Gasteiger partial charge < -0.3 is 0 Å². The normalized spacial score (nSPS) is 12.3. The lowest BCUT2D eigenvalue weighted by atomic mass is 9.68. The molecule has 214 valence electrons. The highest BCUT2D eigenvalue weighted by Gasteiger charge is 1.96. The van der Waals surface area contributed by atoms with Gasteiger partial charge in [0, 0.05) is 0 Å². The van der Waals surface area contributed by atoms with Crippen molar-refractivity contribution >= 4 is 7.28 Å². The van der Waals surface area contributed by atoms with Crippen molar-refractivity contribution in [1.82, 2.24) is 0 Å². The average Bonchev–Trinajstić information content (AvgIpc) is 2.91. The van der Waals surface area contributed by atoms with Crippen molar-refractivity contribution in [3.05, 3.63) is 48.6 Å². The number of allylic oxidation sites excluding steroid dienone is 8. The Morgan fingerprint density at radius 3 is 0.973 bits per heavy atom. The van der Waals surface area contributed by atoms with Gasteiger partial charge in [0.05, 0.1) is 0 Å². The van der Waals surface area contributed by atoms with Crippen molar-refractivity contribution in [2.24, 2.45) is 0 Å². The molecule has 0 saturated heterocycles. The first-order valence-corrected chi connectivity index (χ1v) is 17.0. The quantitative estimate of drug-likeness (QED) is 0.0512. The van der Waals surface area contributed by atoms with E-state index in [2.05, 4.69) is 62.5 Å². The van der Waals surface area contributed by atoms with Gasteiger partial charge in [0.2, 0.25) is 0 Å². The summed E-state index contributed by atoms with van der Waals surface area (Å²) in [7, 11) is 1.47. The molecule has 0 N–H and O–H groups in total. The lowest BCUT2D eigenvalue weighted by molar-refractivity contribution is 0.606. The minimum atomic E-state index is 1.13. The van der Waals surface area contributed by atoms with Gasteiger partial charge in [0.1, 0.15) is 7.28 Å². The monoisotopic (exact) mass is 511 g/mol. The third-order valence-electron chi connectivity index (χ3n) is 7.40. The van der Waals surface area contributed by atoms with Crippen molar-refractivity contribution in [2.45, 2.75) is 181 Å². The minimum absolute atomic E-state index is 1.13. The molecule has 0 saturated carbocycles. The number of unbranched alkanes of at least 4 members (excludes halogenated alkanes) is 18. The standard InChI is InChI=1S/C36H67B/c1-3-5-7-9-11-13-15-17-19-21-23-25-27-29-31-33-35-37-36-34-32-30-28-26-24-22-20-18-16-14-12-10-8-6-4-2/h11-14,17-20,37H,3-10,15-16,21-36H2,1-2H3/b13-11-,14-12-,19-17-,20-18-. The third kappa shape index (κ3) is 35.0. The molecular weight excluding hydrogens is 443 g/mol. The predicted octanol–water partition coefficient (Wildman–Crippen LogP) is 12.9. The van der Waals surface area contributed by atoms with E-state index in [-0.39, 0.29) is 0 Å². The van der Waals surface area contributed by atoms with Gasteiger partial charge in [0.25, 0.3) is 0 Å². The van der Waals surface area contributed by atoms with E-state index in [1.807, 2.05) is 0 Å². The van der Waals surface area contributed by atoms with Gasteiger partial charge in [-0.3, -0.25) is 0 Å². The van der Waals surface area contributed by atoms with Crippen LogP contribution in [0.4, 0.5) is 0 Å². The van der Waals surface area contributed by atoms with E-state index in [9.17, 15) is 0 Å². The molecule has 0 aromatic carbocycles. The first-order valence-electron chi connectivity index (χ1n) is 17.0. The van der Waals surface area contributed by atoms with Crippen molar-refractivity contribution in [2.75, 3.05) is 0 Å². The Bertz CT molecular complexity index is 467. The van der Waals surface area contributed by atoms with E-state index in [0.29, 0.717) is 0 Å². The highest BCUT2D eigenvalue weighted by atomic mass is 14.0. The molecule has 37 heavy (non-hydrogen) atoms. The molecule has 0 radical (unpaired) electrons. The summed E-state index contributed by atoms with van der Waals surface area (Å²) < 4.78 is 0. The van der Waals surface area contributed by atoms with Crippen LogP contribution in [0, 0.1) is 0 Å². The summed E-state index contributed by atoms with van der Waals surface area (Å²) in [4.78, 5) is 0. The van der Waals surface area contributed by atoms with Crippen LogP contribution in [0.5, 0.6) is 0 Å². The number of hydrogen-bond donors (Lipinski definition) is 0. The summed E-state index contributed by atoms with van der Waals surface area (Å²) in [5, 5.41) is 0. The molecule has 0 heterocycles. The van der Waals surface area contributed by atoms with E-state index in [1.54, 1.807) is 0 Å². The van der Waals surface area contributed by atoms with E-state index in [4.69, 9.17) is 0 Å². The van der Waals surface area contributed by atoms with Crippen LogP contribution in [-0.4, -0.2) is 7.28 Å². The summed E-state index contributed by atoms with van der Waals surface area (Å²) in [6.07, 6.45) is 54.5. The fourth-order valence-corrected chi connectivity index (χ4v) is 4.86. The number of hydrogen-bond acceptors (Lipinski definition) is 0. The first-order chi connectivity index (χ1) is 18.4. The zero-order chi connectivity index (χ0) is 26.7. The van der Waals surface area contributed by atoms with Crippen molar-refractivity contribution in [1.29, 1.82) is 0 Å². The molecule has 0 bridgehead atoms. The van der Waals surface area contributed by atoms with Crippen molar-refractivity contribution in [3.8, 4) is 0 Å². The van der Waals surface area contributed by atoms with Crippen LogP contribution < -0.4 is 0 Å². The van der Waals surface area contributed by atoms with E-state index in [0.717, 1.165) is 12.8 Å². The molecule has 0 fully saturated rings. The van der Waals surface area contributed by atoms with Crippen molar-refractivity contribution in [3.63, 3.8) is 0 Å². The second-order valence-corrected chi connectivity index (χ2v) is 11.2. The van der Waals surface area contributed by atoms with Crippen LogP contribution in [0.1, 0.15) is 168 Å². The maximum Gasteiger partial charge on any atom is 0.120 e. The van der Waals surface area contributed by atoms with Crippen LogP contribution in [0.2, 0.25) is 12.6 Å². The van der Waals surface area contributed by atoms with Gasteiger partial charge in [-0.05, 0) is 64.2 Å². The highest BCUT2D eigenvalue weighted by molar-refractivity contribution is 6.35. The van der Waals surface area contributed by atoms with Crippen LogP contribution in [0.25, 0.3) is 0 Å². The largest absolute Gasteiger partial charge is 0.120 e. The van der Waals surface area contributed by atoms with Crippen LogP contribution >= 0.6 is 0 Å². The predicted molar refractivity (Wildman–Crippen MR) is 175 cm³/mol. The summed E-state index contributed by atoms with van der Waals surface area (Å²) in [5.41, 5.74) is 0. The van der Waals surface area contributed by atoms with Crippen LogP contribution in [0.3, 0.4) is 0 Å².